The summed E-state index contributed by atoms with van der Waals surface area (Å²) in [6.45, 7) is 2.61. The van der Waals surface area contributed by atoms with Gasteiger partial charge in [-0.3, -0.25) is 4.98 Å². The highest BCUT2D eigenvalue weighted by atomic mass is 16.5. The minimum atomic E-state index is 0.329. The topological polar surface area (TPSA) is 72.8 Å². The summed E-state index contributed by atoms with van der Waals surface area (Å²) in [4.78, 5) is 16.7. The van der Waals surface area contributed by atoms with Gasteiger partial charge in [-0.25, -0.2) is 0 Å². The fourth-order valence-electron chi connectivity index (χ4n) is 1.35. The number of hydrogen-bond donors (Lipinski definition) is 1. The fourth-order valence-corrected chi connectivity index (χ4v) is 1.35. The molecule has 2 heterocycles. The lowest BCUT2D eigenvalue weighted by Gasteiger charge is -2.07. The minimum Gasteiger partial charge on any atom is -0.463 e. The Morgan fingerprint density at radius 1 is 1.28 bits per heavy atom. The summed E-state index contributed by atoms with van der Waals surface area (Å²) in [7, 11) is 1.76. The molecule has 1 N–H and O–H groups in total. The molecule has 0 aliphatic carbocycles. The standard InChI is InChI=1S/C12H15N5O/c1-3-7-18-12-16-10(15-11(13-2)17-12)9-5-4-6-14-8-9/h4-6,8H,3,7H2,1-2H3,(H,13,15,16,17). The van der Waals surface area contributed by atoms with E-state index in [1.807, 2.05) is 19.1 Å². The SMILES string of the molecule is CCCOc1nc(NC)nc(-c2cccnc2)n1. The number of hydrogen-bond acceptors (Lipinski definition) is 6. The zero-order valence-corrected chi connectivity index (χ0v) is 10.4. The molecule has 0 radical (unpaired) electrons. The summed E-state index contributed by atoms with van der Waals surface area (Å²) in [5, 5.41) is 2.89. The molecule has 2 aromatic heterocycles. The van der Waals surface area contributed by atoms with Crippen LogP contribution in [-0.4, -0.2) is 33.6 Å². The summed E-state index contributed by atoms with van der Waals surface area (Å²) in [5.74, 6) is 1.03. The summed E-state index contributed by atoms with van der Waals surface area (Å²) >= 11 is 0. The average Bonchev–Trinajstić information content (AvgIpc) is 2.45. The van der Waals surface area contributed by atoms with Crippen LogP contribution < -0.4 is 10.1 Å². The molecule has 0 atom stereocenters. The molecule has 18 heavy (non-hydrogen) atoms. The van der Waals surface area contributed by atoms with E-state index in [4.69, 9.17) is 4.74 Å². The van der Waals surface area contributed by atoms with Gasteiger partial charge in [-0.2, -0.15) is 15.0 Å². The number of rotatable bonds is 5. The molecule has 0 unspecified atom stereocenters. The molecule has 0 aromatic carbocycles. The maximum absolute atomic E-state index is 5.44. The quantitative estimate of drug-likeness (QED) is 0.865. The Hall–Kier alpha value is -2.24. The summed E-state index contributed by atoms with van der Waals surface area (Å²) in [6, 6.07) is 4.06. The third-order valence-corrected chi connectivity index (χ3v) is 2.19. The maximum atomic E-state index is 5.44. The van der Waals surface area contributed by atoms with Gasteiger partial charge in [0.25, 0.3) is 0 Å². The van der Waals surface area contributed by atoms with E-state index in [0.29, 0.717) is 24.4 Å². The summed E-state index contributed by atoms with van der Waals surface area (Å²) in [5.41, 5.74) is 0.831. The molecule has 0 bridgehead atoms. The monoisotopic (exact) mass is 245 g/mol. The van der Waals surface area contributed by atoms with E-state index in [1.54, 1.807) is 19.4 Å². The molecule has 2 aromatic rings. The van der Waals surface area contributed by atoms with E-state index in [0.717, 1.165) is 12.0 Å². The third kappa shape index (κ3) is 2.91. The Balaban J connectivity index is 2.35. The number of anilines is 1. The van der Waals surface area contributed by atoms with Crippen LogP contribution in [0.1, 0.15) is 13.3 Å². The van der Waals surface area contributed by atoms with Gasteiger partial charge in [0.2, 0.25) is 5.95 Å². The van der Waals surface area contributed by atoms with Gasteiger partial charge in [0.15, 0.2) is 5.82 Å². The minimum absolute atomic E-state index is 0.329. The van der Waals surface area contributed by atoms with E-state index in [2.05, 4.69) is 25.3 Å². The molecule has 94 valence electrons. The van der Waals surface area contributed by atoms with Gasteiger partial charge < -0.3 is 10.1 Å². The largest absolute Gasteiger partial charge is 0.463 e. The molecule has 6 nitrogen and oxygen atoms in total. The predicted molar refractivity (Wildman–Crippen MR) is 68.4 cm³/mol. The molecular formula is C12H15N5O. The van der Waals surface area contributed by atoms with Crippen molar-refractivity contribution in [3.8, 4) is 17.4 Å². The van der Waals surface area contributed by atoms with Crippen LogP contribution in [0.2, 0.25) is 0 Å². The molecule has 2 rings (SSSR count). The molecule has 0 aliphatic rings. The molecule has 0 saturated heterocycles. The van der Waals surface area contributed by atoms with Gasteiger partial charge in [-0.1, -0.05) is 6.92 Å². The van der Waals surface area contributed by atoms with Crippen molar-refractivity contribution in [2.24, 2.45) is 0 Å². The Labute approximate surface area is 105 Å². The number of nitrogens with one attached hydrogen (secondary N) is 1. The fraction of sp³-hybridized carbons (Fsp3) is 0.333. The second-order valence-corrected chi connectivity index (χ2v) is 3.61. The van der Waals surface area contributed by atoms with Crippen molar-refractivity contribution in [3.05, 3.63) is 24.5 Å². The molecule has 0 aliphatic heterocycles. The Bertz CT molecular complexity index is 503. The van der Waals surface area contributed by atoms with Crippen LogP contribution in [0.25, 0.3) is 11.4 Å². The highest BCUT2D eigenvalue weighted by molar-refractivity contribution is 5.54. The smallest absolute Gasteiger partial charge is 0.321 e. The van der Waals surface area contributed by atoms with Crippen molar-refractivity contribution >= 4 is 5.95 Å². The summed E-state index contributed by atoms with van der Waals surface area (Å²) in [6.07, 6.45) is 4.32. The third-order valence-electron chi connectivity index (χ3n) is 2.19. The van der Waals surface area contributed by atoms with Crippen LogP contribution in [0.3, 0.4) is 0 Å². The van der Waals surface area contributed by atoms with Crippen molar-refractivity contribution in [2.75, 3.05) is 19.0 Å². The molecular weight excluding hydrogens is 230 g/mol. The second kappa shape index (κ2) is 5.90. The van der Waals surface area contributed by atoms with Crippen molar-refractivity contribution in [1.29, 1.82) is 0 Å². The molecule has 6 heteroatoms. The summed E-state index contributed by atoms with van der Waals surface area (Å²) < 4.78 is 5.44. The van der Waals surface area contributed by atoms with Gasteiger partial charge in [0.1, 0.15) is 0 Å². The van der Waals surface area contributed by atoms with Crippen LogP contribution >= 0.6 is 0 Å². The van der Waals surface area contributed by atoms with Crippen LogP contribution in [-0.2, 0) is 0 Å². The van der Waals surface area contributed by atoms with Gasteiger partial charge in [0.05, 0.1) is 6.61 Å². The lowest BCUT2D eigenvalue weighted by atomic mass is 10.3. The number of ether oxygens (including phenoxy) is 1. The lowest BCUT2D eigenvalue weighted by Crippen LogP contribution is -2.06. The normalized spacial score (nSPS) is 10.1. The van der Waals surface area contributed by atoms with E-state index < -0.39 is 0 Å². The van der Waals surface area contributed by atoms with E-state index in [9.17, 15) is 0 Å². The first-order valence-corrected chi connectivity index (χ1v) is 5.80. The number of aromatic nitrogens is 4. The Kier molecular flexibility index (Phi) is 4.01. The van der Waals surface area contributed by atoms with Crippen LogP contribution in [0.15, 0.2) is 24.5 Å². The first kappa shape index (κ1) is 12.2. The average molecular weight is 245 g/mol. The van der Waals surface area contributed by atoms with Crippen LogP contribution in [0.5, 0.6) is 6.01 Å². The second-order valence-electron chi connectivity index (χ2n) is 3.61. The Morgan fingerprint density at radius 3 is 2.83 bits per heavy atom. The molecule has 0 spiro atoms. The van der Waals surface area contributed by atoms with Gasteiger partial charge in [-0.15, -0.1) is 0 Å². The predicted octanol–water partition coefficient (Wildman–Crippen LogP) is 1.76. The van der Waals surface area contributed by atoms with Crippen molar-refractivity contribution in [2.45, 2.75) is 13.3 Å². The van der Waals surface area contributed by atoms with Crippen molar-refractivity contribution in [3.63, 3.8) is 0 Å². The number of nitrogens with zero attached hydrogens (tertiary/aromatic N) is 4. The van der Waals surface area contributed by atoms with Crippen molar-refractivity contribution in [1.82, 2.24) is 19.9 Å². The molecule has 0 amide bonds. The Morgan fingerprint density at radius 2 is 2.17 bits per heavy atom. The van der Waals surface area contributed by atoms with E-state index in [-0.39, 0.29) is 0 Å². The zero-order chi connectivity index (χ0) is 12.8. The van der Waals surface area contributed by atoms with Gasteiger partial charge in [-0.05, 0) is 18.6 Å². The van der Waals surface area contributed by atoms with Crippen LogP contribution in [0, 0.1) is 0 Å². The first-order chi connectivity index (χ1) is 8.83. The van der Waals surface area contributed by atoms with E-state index >= 15 is 0 Å². The highest BCUT2D eigenvalue weighted by Gasteiger charge is 2.08. The molecule has 0 saturated carbocycles. The lowest BCUT2D eigenvalue weighted by molar-refractivity contribution is 0.292. The van der Waals surface area contributed by atoms with Gasteiger partial charge >= 0.3 is 6.01 Å². The first-order valence-electron chi connectivity index (χ1n) is 5.80. The van der Waals surface area contributed by atoms with Crippen molar-refractivity contribution < 1.29 is 4.74 Å². The molecule has 0 fully saturated rings. The van der Waals surface area contributed by atoms with Gasteiger partial charge in [0, 0.05) is 25.0 Å². The highest BCUT2D eigenvalue weighted by Crippen LogP contribution is 2.17. The van der Waals surface area contributed by atoms with E-state index in [1.165, 1.54) is 0 Å². The maximum Gasteiger partial charge on any atom is 0.321 e. The number of pyridine rings is 1. The van der Waals surface area contributed by atoms with Crippen LogP contribution in [0.4, 0.5) is 5.95 Å². The zero-order valence-electron chi connectivity index (χ0n) is 10.4.